The van der Waals surface area contributed by atoms with Crippen molar-refractivity contribution < 1.29 is 18.0 Å². The number of alkyl halides is 3. The first-order chi connectivity index (χ1) is 15.8. The second-order valence-corrected chi connectivity index (χ2v) is 8.56. The first-order valence-corrected chi connectivity index (χ1v) is 11.1. The van der Waals surface area contributed by atoms with Crippen molar-refractivity contribution in [2.45, 2.75) is 32.4 Å². The van der Waals surface area contributed by atoms with Crippen LogP contribution < -0.4 is 4.90 Å². The summed E-state index contributed by atoms with van der Waals surface area (Å²) in [6.45, 7) is 3.98. The van der Waals surface area contributed by atoms with Crippen LogP contribution in [0.2, 0.25) is 0 Å². The molecule has 2 aliphatic rings. The summed E-state index contributed by atoms with van der Waals surface area (Å²) in [6, 6.07) is 10.5. The molecule has 172 valence electrons. The molecule has 1 fully saturated rings. The number of nitrogens with zero attached hydrogens (tertiary/aromatic N) is 5. The van der Waals surface area contributed by atoms with E-state index in [1.807, 2.05) is 40.8 Å². The number of hydrogen-bond acceptors (Lipinski definition) is 4. The van der Waals surface area contributed by atoms with Crippen molar-refractivity contribution in [1.29, 1.82) is 0 Å². The first-order valence-electron chi connectivity index (χ1n) is 11.1. The van der Waals surface area contributed by atoms with E-state index in [1.54, 1.807) is 4.90 Å². The Morgan fingerprint density at radius 1 is 0.970 bits per heavy atom. The largest absolute Gasteiger partial charge is 0.417 e. The number of carbonyl (C=O) groups excluding carboxylic acids is 1. The molecule has 0 atom stereocenters. The molecule has 3 aromatic rings. The lowest BCUT2D eigenvalue weighted by Crippen LogP contribution is -2.49. The highest BCUT2D eigenvalue weighted by atomic mass is 19.4. The van der Waals surface area contributed by atoms with Gasteiger partial charge in [-0.25, -0.2) is 9.67 Å². The number of halogens is 3. The number of benzene rings is 1. The standard InChI is InChI=1S/C24H24F3N5O/c1-16-5-8-18(9-6-16)32-20-4-2-3-19(20)22(29-32)23(33)31-13-11-30(12-14-31)21-10-7-17(15-28-21)24(25,26)27/h5-10,15H,2-4,11-14H2,1H3. The molecule has 0 bridgehead atoms. The van der Waals surface area contributed by atoms with E-state index in [1.165, 1.54) is 11.6 Å². The van der Waals surface area contributed by atoms with Crippen LogP contribution in [0.15, 0.2) is 42.6 Å². The zero-order valence-electron chi connectivity index (χ0n) is 18.3. The number of anilines is 1. The minimum atomic E-state index is -4.40. The summed E-state index contributed by atoms with van der Waals surface area (Å²) in [5, 5.41) is 4.71. The van der Waals surface area contributed by atoms with Gasteiger partial charge in [0.1, 0.15) is 5.82 Å². The maximum absolute atomic E-state index is 13.3. The Bertz CT molecular complexity index is 1160. The number of rotatable bonds is 3. The quantitative estimate of drug-likeness (QED) is 0.598. The molecule has 6 nitrogen and oxygen atoms in total. The molecule has 0 spiro atoms. The average Bonchev–Trinajstić information content (AvgIpc) is 3.42. The van der Waals surface area contributed by atoms with Crippen molar-refractivity contribution in [2.24, 2.45) is 0 Å². The zero-order valence-corrected chi connectivity index (χ0v) is 18.3. The monoisotopic (exact) mass is 455 g/mol. The van der Waals surface area contributed by atoms with Gasteiger partial charge in [0.15, 0.2) is 5.69 Å². The van der Waals surface area contributed by atoms with Gasteiger partial charge in [0.2, 0.25) is 0 Å². The van der Waals surface area contributed by atoms with Crippen LogP contribution in [0.25, 0.3) is 5.69 Å². The van der Waals surface area contributed by atoms with E-state index < -0.39 is 11.7 Å². The Morgan fingerprint density at radius 3 is 2.33 bits per heavy atom. The summed E-state index contributed by atoms with van der Waals surface area (Å²) in [6.07, 6.45) is -0.798. The third-order valence-corrected chi connectivity index (χ3v) is 6.38. The topological polar surface area (TPSA) is 54.3 Å². The molecule has 1 aliphatic heterocycles. The number of aryl methyl sites for hydroxylation is 1. The van der Waals surface area contributed by atoms with Crippen molar-refractivity contribution in [3.05, 3.63) is 70.7 Å². The summed E-state index contributed by atoms with van der Waals surface area (Å²) < 4.78 is 40.2. The Hall–Kier alpha value is -3.36. The van der Waals surface area contributed by atoms with Crippen LogP contribution >= 0.6 is 0 Å². The van der Waals surface area contributed by atoms with Crippen LogP contribution in [-0.2, 0) is 19.0 Å². The van der Waals surface area contributed by atoms with Crippen molar-refractivity contribution >= 4 is 11.7 Å². The van der Waals surface area contributed by atoms with E-state index in [9.17, 15) is 18.0 Å². The molecule has 5 rings (SSSR count). The summed E-state index contributed by atoms with van der Waals surface area (Å²) in [4.78, 5) is 21.0. The number of pyridine rings is 1. The van der Waals surface area contributed by atoms with Gasteiger partial charge in [-0.2, -0.15) is 18.3 Å². The van der Waals surface area contributed by atoms with Gasteiger partial charge in [0.25, 0.3) is 5.91 Å². The van der Waals surface area contributed by atoms with E-state index in [0.717, 1.165) is 48.5 Å². The molecule has 1 aromatic carbocycles. The summed E-state index contributed by atoms with van der Waals surface area (Å²) in [7, 11) is 0. The summed E-state index contributed by atoms with van der Waals surface area (Å²) in [5.74, 6) is 0.402. The lowest BCUT2D eigenvalue weighted by molar-refractivity contribution is -0.137. The van der Waals surface area contributed by atoms with Gasteiger partial charge in [-0.15, -0.1) is 0 Å². The third-order valence-electron chi connectivity index (χ3n) is 6.38. The normalized spacial score (nSPS) is 16.2. The Balaban J connectivity index is 1.31. The Morgan fingerprint density at radius 2 is 1.70 bits per heavy atom. The first kappa shape index (κ1) is 21.5. The molecule has 1 aliphatic carbocycles. The predicted octanol–water partition coefficient (Wildman–Crippen LogP) is 4.05. The van der Waals surface area contributed by atoms with Gasteiger partial charge in [-0.3, -0.25) is 4.79 Å². The predicted molar refractivity (Wildman–Crippen MR) is 118 cm³/mol. The minimum Gasteiger partial charge on any atom is -0.353 e. The van der Waals surface area contributed by atoms with Gasteiger partial charge in [-0.05, 0) is 50.5 Å². The second-order valence-electron chi connectivity index (χ2n) is 8.56. The highest BCUT2D eigenvalue weighted by molar-refractivity contribution is 5.94. The van der Waals surface area contributed by atoms with Gasteiger partial charge in [0, 0.05) is 43.6 Å². The lowest BCUT2D eigenvalue weighted by Gasteiger charge is -2.35. The number of piperazine rings is 1. The molecule has 0 radical (unpaired) electrons. The van der Waals surface area contributed by atoms with Crippen LogP contribution in [0.3, 0.4) is 0 Å². The molecule has 3 heterocycles. The van der Waals surface area contributed by atoms with Crippen LogP contribution in [-0.4, -0.2) is 51.8 Å². The minimum absolute atomic E-state index is 0.0842. The summed E-state index contributed by atoms with van der Waals surface area (Å²) >= 11 is 0. The average molecular weight is 455 g/mol. The maximum Gasteiger partial charge on any atom is 0.417 e. The van der Waals surface area contributed by atoms with Crippen molar-refractivity contribution in [3.63, 3.8) is 0 Å². The Labute approximate surface area is 189 Å². The van der Waals surface area contributed by atoms with E-state index >= 15 is 0 Å². The van der Waals surface area contributed by atoms with Crippen LogP contribution in [0.4, 0.5) is 19.0 Å². The van der Waals surface area contributed by atoms with Crippen molar-refractivity contribution in [1.82, 2.24) is 19.7 Å². The molecule has 1 amide bonds. The van der Waals surface area contributed by atoms with E-state index in [4.69, 9.17) is 5.10 Å². The molecule has 9 heteroatoms. The second kappa shape index (κ2) is 8.20. The van der Waals surface area contributed by atoms with Crippen LogP contribution in [0, 0.1) is 6.92 Å². The highest BCUT2D eigenvalue weighted by Gasteiger charge is 2.33. The Kier molecular flexibility index (Phi) is 5.34. The van der Waals surface area contributed by atoms with Crippen molar-refractivity contribution in [2.75, 3.05) is 31.1 Å². The SMILES string of the molecule is Cc1ccc(-n2nc(C(=O)N3CCN(c4ccc(C(F)(F)F)cn4)CC3)c3c2CCC3)cc1. The molecule has 33 heavy (non-hydrogen) atoms. The molecular weight excluding hydrogens is 431 g/mol. The van der Waals surface area contributed by atoms with E-state index in [-0.39, 0.29) is 5.91 Å². The number of amides is 1. The van der Waals surface area contributed by atoms with Gasteiger partial charge in [0.05, 0.1) is 11.3 Å². The van der Waals surface area contributed by atoms with E-state index in [2.05, 4.69) is 4.98 Å². The summed E-state index contributed by atoms with van der Waals surface area (Å²) in [5.41, 5.74) is 4.01. The number of hydrogen-bond donors (Lipinski definition) is 0. The fraction of sp³-hybridized carbons (Fsp3) is 0.375. The van der Waals surface area contributed by atoms with Crippen LogP contribution in [0.5, 0.6) is 0 Å². The smallest absolute Gasteiger partial charge is 0.353 e. The van der Waals surface area contributed by atoms with E-state index in [0.29, 0.717) is 37.7 Å². The van der Waals surface area contributed by atoms with Crippen LogP contribution in [0.1, 0.15) is 39.3 Å². The lowest BCUT2D eigenvalue weighted by atomic mass is 10.1. The molecule has 0 N–H and O–H groups in total. The number of fused-ring (bicyclic) bond motifs is 1. The molecule has 1 saturated heterocycles. The van der Waals surface area contributed by atoms with Crippen molar-refractivity contribution in [3.8, 4) is 5.69 Å². The third kappa shape index (κ3) is 4.07. The highest BCUT2D eigenvalue weighted by Crippen LogP contribution is 2.31. The molecule has 2 aromatic heterocycles. The molecule has 0 unspecified atom stereocenters. The number of aromatic nitrogens is 3. The van der Waals surface area contributed by atoms with Gasteiger partial charge >= 0.3 is 6.18 Å². The molecular formula is C24H24F3N5O. The fourth-order valence-corrected chi connectivity index (χ4v) is 4.54. The maximum atomic E-state index is 13.3. The van der Waals surface area contributed by atoms with Gasteiger partial charge < -0.3 is 9.80 Å². The fourth-order valence-electron chi connectivity index (χ4n) is 4.54. The molecule has 0 saturated carbocycles. The number of carbonyl (C=O) groups is 1. The zero-order chi connectivity index (χ0) is 23.2. The van der Waals surface area contributed by atoms with Gasteiger partial charge in [-0.1, -0.05) is 17.7 Å².